The summed E-state index contributed by atoms with van der Waals surface area (Å²) in [5.41, 5.74) is 15.6. The maximum absolute atomic E-state index is 6.64. The Balaban J connectivity index is 1.82. The van der Waals surface area contributed by atoms with E-state index in [1.165, 1.54) is 101 Å². The number of benzene rings is 4. The molecule has 1 aliphatic heterocycles. The summed E-state index contributed by atoms with van der Waals surface area (Å²) in [6.45, 7) is 9.70. The van der Waals surface area contributed by atoms with Gasteiger partial charge in [-0.3, -0.25) is 0 Å². The molecule has 49 heavy (non-hydrogen) atoms. The zero-order valence-electron chi connectivity index (χ0n) is 30.3. The monoisotopic (exact) mass is 690 g/mol. The van der Waals surface area contributed by atoms with Gasteiger partial charge in [0.2, 0.25) is 0 Å². The lowest BCUT2D eigenvalue weighted by Gasteiger charge is -2.36. The standard InChI is InChI=1S/C46H54Si3/c1-6-9-11-25-36-47(4,8-3)48(5,37-26-12-10-7-2)38-35-45-46(41-29-19-14-20-30-41)44(40-27-17-13-18-28-40)39-49(45,42-31-21-15-22-32-42)43-33-23-16-24-34-43/h3,13-24,27-34,39H,6-7,9-12,25-26,36-37H2,1-2,4-5H3. The summed E-state index contributed by atoms with van der Waals surface area (Å²) in [6.07, 6.45) is 16.7. The summed E-state index contributed by atoms with van der Waals surface area (Å²) >= 11 is 0. The first kappa shape index (κ1) is 36.4. The van der Waals surface area contributed by atoms with Crippen LogP contribution in [0.2, 0.25) is 25.2 Å². The molecule has 1 aliphatic rings. The van der Waals surface area contributed by atoms with Crippen molar-refractivity contribution < 1.29 is 0 Å². The fraction of sp³-hybridized carbons (Fsp3) is 0.304. The summed E-state index contributed by atoms with van der Waals surface area (Å²) < 4.78 is 0. The van der Waals surface area contributed by atoms with E-state index in [1.54, 1.807) is 0 Å². The first-order chi connectivity index (χ1) is 23.9. The molecule has 4 aromatic rings. The summed E-state index contributed by atoms with van der Waals surface area (Å²) in [5, 5.41) is 4.09. The molecule has 0 aliphatic carbocycles. The minimum Gasteiger partial charge on any atom is -0.137 e. The van der Waals surface area contributed by atoms with E-state index >= 15 is 0 Å². The molecule has 1 heterocycles. The maximum atomic E-state index is 6.64. The fourth-order valence-electron chi connectivity index (χ4n) is 7.62. The Bertz CT molecular complexity index is 1770. The van der Waals surface area contributed by atoms with Gasteiger partial charge in [-0.2, -0.15) is 0 Å². The van der Waals surface area contributed by atoms with Gasteiger partial charge in [-0.15, -0.1) is 17.5 Å². The molecule has 0 saturated carbocycles. The Morgan fingerprint density at radius 3 is 1.47 bits per heavy atom. The largest absolute Gasteiger partial charge is 0.183 e. The van der Waals surface area contributed by atoms with Crippen molar-refractivity contribution >= 4 is 44.8 Å². The third kappa shape index (κ3) is 7.97. The lowest BCUT2D eigenvalue weighted by molar-refractivity contribution is 0.695. The second-order valence-electron chi connectivity index (χ2n) is 14.3. The quantitative estimate of drug-likeness (QED) is 0.0662. The van der Waals surface area contributed by atoms with Crippen LogP contribution in [-0.4, -0.2) is 23.3 Å². The van der Waals surface area contributed by atoms with Crippen molar-refractivity contribution in [3.05, 3.63) is 143 Å². The molecule has 0 saturated heterocycles. The highest BCUT2D eigenvalue weighted by molar-refractivity contribution is 7.47. The van der Waals surface area contributed by atoms with Gasteiger partial charge in [0.25, 0.3) is 0 Å². The van der Waals surface area contributed by atoms with Crippen molar-refractivity contribution in [2.24, 2.45) is 0 Å². The lowest BCUT2D eigenvalue weighted by Crippen LogP contribution is -2.59. The average molecular weight is 691 g/mol. The molecule has 0 aromatic heterocycles. The summed E-state index contributed by atoms with van der Waals surface area (Å²) in [7, 11) is -6.97. The number of unbranched alkanes of at least 4 members (excludes halogenated alkanes) is 6. The van der Waals surface area contributed by atoms with E-state index in [4.69, 9.17) is 6.42 Å². The van der Waals surface area contributed by atoms with E-state index in [-0.39, 0.29) is 0 Å². The van der Waals surface area contributed by atoms with E-state index in [0.29, 0.717) is 0 Å². The molecule has 2 unspecified atom stereocenters. The van der Waals surface area contributed by atoms with Crippen molar-refractivity contribution in [1.29, 1.82) is 0 Å². The highest BCUT2D eigenvalue weighted by Crippen LogP contribution is 2.44. The lowest BCUT2D eigenvalue weighted by atomic mass is 9.93. The van der Waals surface area contributed by atoms with Crippen LogP contribution >= 0.6 is 0 Å². The van der Waals surface area contributed by atoms with Crippen LogP contribution in [0.1, 0.15) is 76.3 Å². The molecule has 3 heteroatoms. The van der Waals surface area contributed by atoms with Crippen LogP contribution in [0.4, 0.5) is 0 Å². The zero-order chi connectivity index (χ0) is 34.6. The molecule has 250 valence electrons. The van der Waals surface area contributed by atoms with E-state index in [9.17, 15) is 0 Å². The minimum atomic E-state index is -2.72. The van der Waals surface area contributed by atoms with Crippen LogP contribution in [0.3, 0.4) is 0 Å². The van der Waals surface area contributed by atoms with Crippen molar-refractivity contribution in [3.63, 3.8) is 0 Å². The van der Waals surface area contributed by atoms with Crippen molar-refractivity contribution in [3.8, 4) is 23.4 Å². The number of hydrogen-bond acceptors (Lipinski definition) is 0. The molecule has 0 spiro atoms. The second-order valence-corrected chi connectivity index (χ2v) is 31.3. The highest BCUT2D eigenvalue weighted by atomic mass is 29.3. The Morgan fingerprint density at radius 2 is 1.00 bits per heavy atom. The molecule has 0 radical (unpaired) electrons. The van der Waals surface area contributed by atoms with Gasteiger partial charge >= 0.3 is 0 Å². The van der Waals surface area contributed by atoms with Crippen LogP contribution in [0, 0.1) is 23.4 Å². The molecule has 2 atom stereocenters. The number of hydrogen-bond donors (Lipinski definition) is 0. The average Bonchev–Trinajstić information content (AvgIpc) is 3.52. The topological polar surface area (TPSA) is 0 Å². The maximum Gasteiger partial charge on any atom is 0.183 e. The van der Waals surface area contributed by atoms with Gasteiger partial charge in [-0.25, -0.2) is 0 Å². The Kier molecular flexibility index (Phi) is 12.8. The zero-order valence-corrected chi connectivity index (χ0v) is 33.3. The highest BCUT2D eigenvalue weighted by Gasteiger charge is 2.49. The molecule has 0 fully saturated rings. The Labute approximate surface area is 300 Å². The third-order valence-electron chi connectivity index (χ3n) is 10.9. The summed E-state index contributed by atoms with van der Waals surface area (Å²) in [4.78, 5) is 0. The summed E-state index contributed by atoms with van der Waals surface area (Å²) in [6, 6.07) is 47.0. The fourth-order valence-corrected chi connectivity index (χ4v) is 22.9. The third-order valence-corrected chi connectivity index (χ3v) is 31.4. The first-order valence-electron chi connectivity index (χ1n) is 18.6. The second kappa shape index (κ2) is 17.2. The van der Waals surface area contributed by atoms with Gasteiger partial charge in [0.1, 0.15) is 15.2 Å². The van der Waals surface area contributed by atoms with Crippen molar-refractivity contribution in [2.45, 2.75) is 90.4 Å². The number of rotatable bonds is 15. The molecule has 0 N–H and O–H groups in total. The number of allylic oxidation sites excluding steroid dienone is 3. The normalized spacial score (nSPS) is 16.1. The Hall–Kier alpha value is -3.87. The van der Waals surface area contributed by atoms with E-state index in [0.717, 1.165) is 0 Å². The predicted octanol–water partition coefficient (Wildman–Crippen LogP) is 11.0. The first-order valence-corrected chi connectivity index (χ1v) is 27.1. The van der Waals surface area contributed by atoms with Gasteiger partial charge in [-0.1, -0.05) is 211 Å². The predicted molar refractivity (Wildman–Crippen MR) is 223 cm³/mol. The van der Waals surface area contributed by atoms with Gasteiger partial charge in [0, 0.05) is 5.20 Å². The molecule has 4 aromatic carbocycles. The molecule has 0 nitrogen and oxygen atoms in total. The van der Waals surface area contributed by atoms with Crippen molar-refractivity contribution in [1.82, 2.24) is 0 Å². The Morgan fingerprint density at radius 1 is 0.551 bits per heavy atom. The van der Waals surface area contributed by atoms with Crippen molar-refractivity contribution in [2.75, 3.05) is 0 Å². The minimum absolute atomic E-state index is 1.20. The molecule has 0 bridgehead atoms. The molecular weight excluding hydrogens is 637 g/mol. The SMILES string of the molecule is C#C[Si](C)(CCCCCC)[Si](C)(C#CC1=C(c2ccccc2)C(c2ccccc2)=C[Si]1(c1ccccc1)c1ccccc1)CCCCCC. The van der Waals surface area contributed by atoms with Gasteiger partial charge in [0.15, 0.2) is 8.07 Å². The van der Waals surface area contributed by atoms with Crippen LogP contribution in [0.15, 0.2) is 132 Å². The molecule has 0 amide bonds. The van der Waals surface area contributed by atoms with Gasteiger partial charge in [0.05, 0.1) is 0 Å². The van der Waals surface area contributed by atoms with E-state index < -0.39 is 23.3 Å². The smallest absolute Gasteiger partial charge is 0.137 e. The summed E-state index contributed by atoms with van der Waals surface area (Å²) in [5.74, 6) is 4.18. The van der Waals surface area contributed by atoms with E-state index in [1.807, 2.05) is 0 Å². The van der Waals surface area contributed by atoms with Crippen LogP contribution in [-0.2, 0) is 0 Å². The van der Waals surface area contributed by atoms with Gasteiger partial charge in [-0.05, 0) is 44.7 Å². The van der Waals surface area contributed by atoms with Gasteiger partial charge < -0.3 is 0 Å². The van der Waals surface area contributed by atoms with Crippen LogP contribution in [0.5, 0.6) is 0 Å². The molecule has 5 rings (SSSR count). The number of terminal acetylenes is 1. The molecular formula is C46H54Si3. The van der Waals surface area contributed by atoms with Crippen LogP contribution < -0.4 is 10.4 Å². The van der Waals surface area contributed by atoms with Crippen LogP contribution in [0.25, 0.3) is 11.1 Å². The van der Waals surface area contributed by atoms with E-state index in [2.05, 4.69) is 171 Å².